The first-order valence-corrected chi connectivity index (χ1v) is 5.08. The van der Waals surface area contributed by atoms with E-state index >= 15 is 0 Å². The maximum Gasteiger partial charge on any atom is 0.357 e. The van der Waals surface area contributed by atoms with Crippen molar-refractivity contribution in [1.29, 1.82) is 0 Å². The van der Waals surface area contributed by atoms with Crippen LogP contribution in [0.15, 0.2) is 38.7 Å². The second-order valence-corrected chi connectivity index (χ2v) is 3.60. The number of oxazole rings is 1. The highest BCUT2D eigenvalue weighted by Crippen LogP contribution is 2.22. The lowest BCUT2D eigenvalue weighted by atomic mass is 10.5. The molecule has 0 saturated heterocycles. The van der Waals surface area contributed by atoms with E-state index in [-0.39, 0.29) is 5.69 Å². The van der Waals surface area contributed by atoms with Gasteiger partial charge in [-0.25, -0.2) is 4.79 Å². The van der Waals surface area contributed by atoms with Crippen molar-refractivity contribution in [3.8, 4) is 0 Å². The molecule has 0 aromatic carbocycles. The molecule has 5 nitrogen and oxygen atoms in total. The largest absolute Gasteiger partial charge is 0.476 e. The van der Waals surface area contributed by atoms with Crippen LogP contribution < -0.4 is 0 Å². The van der Waals surface area contributed by atoms with E-state index in [0.29, 0.717) is 11.0 Å². The van der Waals surface area contributed by atoms with E-state index in [4.69, 9.17) is 13.9 Å². The molecular formula is C9H7NO4S. The van der Waals surface area contributed by atoms with Crippen molar-refractivity contribution >= 4 is 17.7 Å². The van der Waals surface area contributed by atoms with Crippen molar-refractivity contribution in [1.82, 2.24) is 4.98 Å². The number of rotatable bonds is 4. The van der Waals surface area contributed by atoms with E-state index in [9.17, 15) is 4.79 Å². The predicted octanol–water partition coefficient (Wildman–Crippen LogP) is 2.26. The molecule has 78 valence electrons. The minimum Gasteiger partial charge on any atom is -0.476 e. The standard InChI is InChI=1S/C9H7NO4S/c11-8(12)7-4-14-9(10-7)15-5-6-2-1-3-13-6/h1-4H,5H2,(H,11,12). The molecule has 6 heteroatoms. The van der Waals surface area contributed by atoms with E-state index in [1.165, 1.54) is 11.8 Å². The van der Waals surface area contributed by atoms with Gasteiger partial charge in [-0.15, -0.1) is 0 Å². The summed E-state index contributed by atoms with van der Waals surface area (Å²) in [7, 11) is 0. The Balaban J connectivity index is 1.96. The highest BCUT2D eigenvalue weighted by atomic mass is 32.2. The van der Waals surface area contributed by atoms with Gasteiger partial charge in [0, 0.05) is 0 Å². The number of aromatic nitrogens is 1. The average molecular weight is 225 g/mol. The number of carbonyl (C=O) groups is 1. The lowest BCUT2D eigenvalue weighted by Crippen LogP contribution is -1.95. The quantitative estimate of drug-likeness (QED) is 0.804. The summed E-state index contributed by atoms with van der Waals surface area (Å²) in [5.74, 6) is 0.255. The van der Waals surface area contributed by atoms with Crippen LogP contribution in [0, 0.1) is 0 Å². The molecule has 2 rings (SSSR count). The second kappa shape index (κ2) is 4.22. The molecule has 2 aromatic rings. The zero-order valence-corrected chi connectivity index (χ0v) is 8.36. The van der Waals surface area contributed by atoms with E-state index < -0.39 is 5.97 Å². The van der Waals surface area contributed by atoms with E-state index in [0.717, 1.165) is 12.0 Å². The fourth-order valence-corrected chi connectivity index (χ4v) is 1.66. The van der Waals surface area contributed by atoms with Gasteiger partial charge in [-0.1, -0.05) is 11.8 Å². The summed E-state index contributed by atoms with van der Waals surface area (Å²) >= 11 is 1.28. The van der Waals surface area contributed by atoms with Crippen molar-refractivity contribution < 1.29 is 18.7 Å². The van der Waals surface area contributed by atoms with Gasteiger partial charge in [0.2, 0.25) is 0 Å². The van der Waals surface area contributed by atoms with Crippen molar-refractivity contribution in [3.05, 3.63) is 36.1 Å². The lowest BCUT2D eigenvalue weighted by Gasteiger charge is -1.91. The monoisotopic (exact) mass is 225 g/mol. The Morgan fingerprint density at radius 2 is 2.40 bits per heavy atom. The van der Waals surface area contributed by atoms with Crippen LogP contribution in [0.4, 0.5) is 0 Å². The summed E-state index contributed by atoms with van der Waals surface area (Å²) in [6, 6.07) is 3.61. The fraction of sp³-hybridized carbons (Fsp3) is 0.111. The molecular weight excluding hydrogens is 218 g/mol. The van der Waals surface area contributed by atoms with Crippen LogP contribution in [0.2, 0.25) is 0 Å². The molecule has 0 bridgehead atoms. The molecule has 0 atom stereocenters. The van der Waals surface area contributed by atoms with Crippen molar-refractivity contribution in [2.24, 2.45) is 0 Å². The summed E-state index contributed by atoms with van der Waals surface area (Å²) in [6.45, 7) is 0. The van der Waals surface area contributed by atoms with Gasteiger partial charge in [-0.3, -0.25) is 0 Å². The minimum absolute atomic E-state index is 0.0862. The Kier molecular flexibility index (Phi) is 2.77. The van der Waals surface area contributed by atoms with Gasteiger partial charge in [-0.05, 0) is 12.1 Å². The minimum atomic E-state index is -1.09. The van der Waals surface area contributed by atoms with Crippen molar-refractivity contribution in [2.45, 2.75) is 11.0 Å². The van der Waals surface area contributed by atoms with Crippen molar-refractivity contribution in [2.75, 3.05) is 0 Å². The number of hydrogen-bond donors (Lipinski definition) is 1. The third kappa shape index (κ3) is 2.41. The van der Waals surface area contributed by atoms with Crippen LogP contribution in [0.3, 0.4) is 0 Å². The molecule has 1 N–H and O–H groups in total. The van der Waals surface area contributed by atoms with Crippen molar-refractivity contribution in [3.63, 3.8) is 0 Å². The summed E-state index contributed by atoms with van der Waals surface area (Å²) in [6.07, 6.45) is 2.70. The first kappa shape index (κ1) is 9.85. The molecule has 0 spiro atoms. The van der Waals surface area contributed by atoms with E-state index in [2.05, 4.69) is 4.98 Å². The maximum atomic E-state index is 10.5. The Bertz CT molecular complexity index is 448. The molecule has 2 heterocycles. The second-order valence-electron chi connectivity index (χ2n) is 2.67. The number of carboxylic acid groups (broad SMARTS) is 1. The van der Waals surface area contributed by atoms with Gasteiger partial charge in [0.05, 0.1) is 12.0 Å². The average Bonchev–Trinajstić information content (AvgIpc) is 2.86. The Labute approximate surface area is 89.1 Å². The zero-order chi connectivity index (χ0) is 10.7. The van der Waals surface area contributed by atoms with Crippen LogP contribution in [0.1, 0.15) is 16.2 Å². The first-order valence-electron chi connectivity index (χ1n) is 4.09. The van der Waals surface area contributed by atoms with Crippen LogP contribution in [0.5, 0.6) is 0 Å². The molecule has 0 aliphatic rings. The summed E-state index contributed by atoms with van der Waals surface area (Å²) in [5, 5.41) is 8.92. The Morgan fingerprint density at radius 3 is 3.00 bits per heavy atom. The molecule has 15 heavy (non-hydrogen) atoms. The van der Waals surface area contributed by atoms with Crippen LogP contribution in [-0.2, 0) is 5.75 Å². The normalized spacial score (nSPS) is 10.4. The van der Waals surface area contributed by atoms with E-state index in [1.807, 2.05) is 6.07 Å². The van der Waals surface area contributed by atoms with Gasteiger partial charge in [-0.2, -0.15) is 4.98 Å². The third-order valence-electron chi connectivity index (χ3n) is 1.62. The number of hydrogen-bond acceptors (Lipinski definition) is 5. The number of aromatic carboxylic acids is 1. The molecule has 0 aliphatic carbocycles. The number of thioether (sulfide) groups is 1. The third-order valence-corrected chi connectivity index (χ3v) is 2.48. The van der Waals surface area contributed by atoms with Crippen LogP contribution in [-0.4, -0.2) is 16.1 Å². The predicted molar refractivity (Wildman–Crippen MR) is 51.7 cm³/mol. The highest BCUT2D eigenvalue weighted by Gasteiger charge is 2.10. The van der Waals surface area contributed by atoms with Crippen LogP contribution >= 0.6 is 11.8 Å². The smallest absolute Gasteiger partial charge is 0.357 e. The lowest BCUT2D eigenvalue weighted by molar-refractivity contribution is 0.0690. The SMILES string of the molecule is O=C(O)c1coc(SCc2ccco2)n1. The molecule has 0 saturated carbocycles. The van der Waals surface area contributed by atoms with Gasteiger partial charge >= 0.3 is 5.97 Å². The van der Waals surface area contributed by atoms with Gasteiger partial charge < -0.3 is 13.9 Å². The molecule has 0 aliphatic heterocycles. The van der Waals surface area contributed by atoms with E-state index in [1.54, 1.807) is 12.3 Å². The Morgan fingerprint density at radius 1 is 1.53 bits per heavy atom. The number of nitrogens with zero attached hydrogens (tertiary/aromatic N) is 1. The number of furan rings is 1. The van der Waals surface area contributed by atoms with Gasteiger partial charge in [0.15, 0.2) is 5.69 Å². The summed E-state index contributed by atoms with van der Waals surface area (Å²) in [4.78, 5) is 14.3. The molecule has 0 unspecified atom stereocenters. The highest BCUT2D eigenvalue weighted by molar-refractivity contribution is 7.98. The Hall–Kier alpha value is -1.69. The zero-order valence-electron chi connectivity index (χ0n) is 7.54. The van der Waals surface area contributed by atoms with Gasteiger partial charge in [0.1, 0.15) is 12.0 Å². The van der Waals surface area contributed by atoms with Gasteiger partial charge in [0.25, 0.3) is 5.22 Å². The molecule has 0 fully saturated rings. The summed E-state index contributed by atoms with van der Waals surface area (Å²) < 4.78 is 10.1. The van der Waals surface area contributed by atoms with Crippen LogP contribution in [0.25, 0.3) is 0 Å². The molecule has 0 radical (unpaired) electrons. The topological polar surface area (TPSA) is 76.5 Å². The summed E-state index contributed by atoms with van der Waals surface area (Å²) in [5.41, 5.74) is -0.0862. The molecule has 2 aromatic heterocycles. The number of carboxylic acids is 1. The molecule has 0 amide bonds. The maximum absolute atomic E-state index is 10.5. The fourth-order valence-electron chi connectivity index (χ4n) is 0.949. The first-order chi connectivity index (χ1) is 7.25.